The number of phosphoric ester groups is 1. The molecule has 0 bridgehead atoms. The van der Waals surface area contributed by atoms with E-state index in [1.165, 1.54) is 276 Å². The SMILES string of the molecule is CCCCCCCCCCCCCCCCCCCCCCCCCCCCCC/C=C/C(O)C(COP(=O)(O)OCC[N+](C)(C)C)NC(=O)CCCCCCCCCCCCCCCCCCCCC. The van der Waals surface area contributed by atoms with Crippen LogP contribution in [-0.2, 0) is 18.4 Å². The number of aliphatic hydroxyl groups excluding tert-OH is 1. The minimum Gasteiger partial charge on any atom is -0.387 e. The third-order valence-corrected chi connectivity index (χ3v) is 15.7. The van der Waals surface area contributed by atoms with Crippen molar-refractivity contribution in [2.24, 2.45) is 0 Å². The van der Waals surface area contributed by atoms with Crippen molar-refractivity contribution in [2.45, 2.75) is 341 Å². The van der Waals surface area contributed by atoms with Gasteiger partial charge in [0, 0.05) is 6.42 Å². The Hall–Kier alpha value is -0.760. The summed E-state index contributed by atoms with van der Waals surface area (Å²) in [5.41, 5.74) is 0. The van der Waals surface area contributed by atoms with E-state index in [1.54, 1.807) is 6.08 Å². The maximum Gasteiger partial charge on any atom is 0.472 e. The molecule has 3 N–H and O–H groups in total. The van der Waals surface area contributed by atoms with Crippen molar-refractivity contribution in [3.05, 3.63) is 12.2 Å². The molecule has 0 heterocycles. The van der Waals surface area contributed by atoms with Crippen molar-refractivity contribution in [3.63, 3.8) is 0 Å². The molecule has 0 spiro atoms. The number of allylic oxidation sites excluding steroid dienone is 1. The maximum atomic E-state index is 13.0. The number of hydrogen-bond donors (Lipinski definition) is 3. The number of phosphoric acid groups is 1. The number of nitrogens with one attached hydrogen (secondary N) is 1. The van der Waals surface area contributed by atoms with Crippen molar-refractivity contribution in [1.29, 1.82) is 0 Å². The third-order valence-electron chi connectivity index (χ3n) is 14.8. The number of amides is 1. The molecule has 0 aromatic carbocycles. The molecule has 0 rings (SSSR count). The van der Waals surface area contributed by atoms with E-state index in [4.69, 9.17) is 9.05 Å². The highest BCUT2D eigenvalue weighted by Crippen LogP contribution is 2.43. The predicted molar refractivity (Wildman–Crippen MR) is 309 cm³/mol. The Kier molecular flexibility index (Phi) is 53.5. The fourth-order valence-corrected chi connectivity index (χ4v) is 10.5. The van der Waals surface area contributed by atoms with Gasteiger partial charge in [0.2, 0.25) is 5.91 Å². The Morgan fingerprint density at radius 1 is 0.465 bits per heavy atom. The Morgan fingerprint density at radius 3 is 1.04 bits per heavy atom. The molecule has 1 amide bonds. The standard InChI is InChI=1S/C62H125N2O6P/c1-6-8-10-12-14-16-18-20-22-24-26-27-28-29-30-31-32-33-34-35-36-38-39-41-43-45-47-49-51-53-55-61(65)60(59-70-71(67,68)69-58-57-64(3,4)5)63-62(66)56-54-52-50-48-46-44-42-40-37-25-23-21-19-17-15-13-11-9-7-2/h53,55,60-61,65H,6-52,54,56-59H2,1-5H3,(H-,63,66,67,68)/p+1/b55-53+. The van der Waals surface area contributed by atoms with E-state index in [2.05, 4.69) is 19.2 Å². The monoisotopic (exact) mass is 1030 g/mol. The predicted octanol–water partition coefficient (Wildman–Crippen LogP) is 19.4. The van der Waals surface area contributed by atoms with Gasteiger partial charge in [-0.2, -0.15) is 0 Å². The smallest absolute Gasteiger partial charge is 0.387 e. The number of unbranched alkanes of at least 4 members (excludes halogenated alkanes) is 46. The van der Waals surface area contributed by atoms with Crippen LogP contribution in [0.3, 0.4) is 0 Å². The summed E-state index contributed by atoms with van der Waals surface area (Å²) in [5.74, 6) is -0.169. The molecular weight excluding hydrogens is 900 g/mol. The molecule has 9 heteroatoms. The van der Waals surface area contributed by atoms with Crippen LogP contribution in [0.15, 0.2) is 12.2 Å². The normalized spacial score (nSPS) is 13.8. The Morgan fingerprint density at radius 2 is 0.746 bits per heavy atom. The average molecular weight is 1030 g/mol. The number of aliphatic hydroxyl groups is 1. The number of quaternary nitrogens is 1. The van der Waals surface area contributed by atoms with E-state index in [9.17, 15) is 19.4 Å². The summed E-state index contributed by atoms with van der Waals surface area (Å²) < 4.78 is 23.8. The van der Waals surface area contributed by atoms with Crippen molar-refractivity contribution in [3.8, 4) is 0 Å². The molecule has 0 aliphatic heterocycles. The zero-order valence-corrected chi connectivity index (χ0v) is 49.4. The molecule has 0 aromatic rings. The van der Waals surface area contributed by atoms with Gasteiger partial charge in [-0.1, -0.05) is 315 Å². The second-order valence-electron chi connectivity index (χ2n) is 23.2. The van der Waals surface area contributed by atoms with Crippen LogP contribution in [0, 0.1) is 0 Å². The van der Waals surface area contributed by atoms with Gasteiger partial charge in [-0.15, -0.1) is 0 Å². The van der Waals surface area contributed by atoms with Gasteiger partial charge in [0.15, 0.2) is 0 Å². The third kappa shape index (κ3) is 56.8. The summed E-state index contributed by atoms with van der Waals surface area (Å²) in [6.45, 7) is 4.88. The maximum absolute atomic E-state index is 13.0. The summed E-state index contributed by atoms with van der Waals surface area (Å²) in [6.07, 6.45) is 67.6. The molecule has 0 aliphatic carbocycles. The van der Waals surface area contributed by atoms with Gasteiger partial charge in [0.1, 0.15) is 13.2 Å². The molecule has 71 heavy (non-hydrogen) atoms. The minimum atomic E-state index is -4.34. The minimum absolute atomic E-state index is 0.0653. The number of hydrogen-bond acceptors (Lipinski definition) is 5. The first kappa shape index (κ1) is 70.2. The van der Waals surface area contributed by atoms with Crippen LogP contribution >= 0.6 is 7.82 Å². The Labute approximate surface area is 443 Å². The highest BCUT2D eigenvalue weighted by atomic mass is 31.2. The van der Waals surface area contributed by atoms with E-state index in [0.717, 1.165) is 32.1 Å². The first-order valence-corrected chi connectivity index (χ1v) is 33.1. The zero-order valence-electron chi connectivity index (χ0n) is 48.5. The van der Waals surface area contributed by atoms with Crippen molar-refractivity contribution in [2.75, 3.05) is 40.9 Å². The van der Waals surface area contributed by atoms with E-state index in [1.807, 2.05) is 27.2 Å². The molecule has 0 radical (unpaired) electrons. The van der Waals surface area contributed by atoms with Crippen LogP contribution in [0.2, 0.25) is 0 Å². The number of carbonyl (C=O) groups is 1. The lowest BCUT2D eigenvalue weighted by molar-refractivity contribution is -0.870. The Bertz CT molecular complexity index is 1160. The summed E-state index contributed by atoms with van der Waals surface area (Å²) >= 11 is 0. The highest BCUT2D eigenvalue weighted by molar-refractivity contribution is 7.47. The number of rotatable bonds is 59. The lowest BCUT2D eigenvalue weighted by Crippen LogP contribution is -2.45. The van der Waals surface area contributed by atoms with Crippen molar-refractivity contribution >= 4 is 13.7 Å². The van der Waals surface area contributed by atoms with Crippen LogP contribution in [-0.4, -0.2) is 73.4 Å². The Balaban J connectivity index is 4.08. The van der Waals surface area contributed by atoms with Gasteiger partial charge >= 0.3 is 7.82 Å². The van der Waals surface area contributed by atoms with Crippen LogP contribution in [0.4, 0.5) is 0 Å². The van der Waals surface area contributed by atoms with Crippen LogP contribution in [0.5, 0.6) is 0 Å². The van der Waals surface area contributed by atoms with E-state index in [0.29, 0.717) is 17.4 Å². The second-order valence-corrected chi connectivity index (χ2v) is 24.6. The zero-order chi connectivity index (χ0) is 52.0. The highest BCUT2D eigenvalue weighted by Gasteiger charge is 2.28. The van der Waals surface area contributed by atoms with Gasteiger partial charge in [-0.25, -0.2) is 4.57 Å². The van der Waals surface area contributed by atoms with E-state index >= 15 is 0 Å². The lowest BCUT2D eigenvalue weighted by Gasteiger charge is -2.25. The van der Waals surface area contributed by atoms with Gasteiger partial charge in [-0.05, 0) is 19.3 Å². The van der Waals surface area contributed by atoms with E-state index < -0.39 is 20.0 Å². The largest absolute Gasteiger partial charge is 0.472 e. The molecule has 0 saturated carbocycles. The van der Waals surface area contributed by atoms with Crippen LogP contribution in [0.1, 0.15) is 328 Å². The van der Waals surface area contributed by atoms with Crippen LogP contribution in [0.25, 0.3) is 0 Å². The van der Waals surface area contributed by atoms with Gasteiger partial charge in [0.25, 0.3) is 0 Å². The van der Waals surface area contributed by atoms with Gasteiger partial charge < -0.3 is 19.8 Å². The summed E-state index contributed by atoms with van der Waals surface area (Å²) in [7, 11) is 1.59. The number of carbonyl (C=O) groups excluding carboxylic acids is 1. The molecular formula is C62H126N2O6P+. The molecule has 0 fully saturated rings. The molecule has 0 saturated heterocycles. The second kappa shape index (κ2) is 54.0. The average Bonchev–Trinajstić information content (AvgIpc) is 3.33. The molecule has 0 aromatic heterocycles. The van der Waals surface area contributed by atoms with Crippen molar-refractivity contribution in [1.82, 2.24) is 5.32 Å². The first-order chi connectivity index (χ1) is 34.5. The summed E-state index contributed by atoms with van der Waals surface area (Å²) in [6, 6.07) is -0.842. The topological polar surface area (TPSA) is 105 Å². The van der Waals surface area contributed by atoms with Crippen LogP contribution < -0.4 is 5.32 Å². The molecule has 424 valence electrons. The summed E-state index contributed by atoms with van der Waals surface area (Å²) in [4.78, 5) is 23.3. The molecule has 3 unspecified atom stereocenters. The molecule has 0 aliphatic rings. The fourth-order valence-electron chi connectivity index (χ4n) is 9.81. The number of nitrogens with zero attached hydrogens (tertiary/aromatic N) is 1. The quantitative estimate of drug-likeness (QED) is 0.0243. The first-order valence-electron chi connectivity index (χ1n) is 31.6. The van der Waals surface area contributed by atoms with Gasteiger partial charge in [-0.3, -0.25) is 13.8 Å². The van der Waals surface area contributed by atoms with Gasteiger partial charge in [0.05, 0.1) is 39.9 Å². The molecule has 8 nitrogen and oxygen atoms in total. The fraction of sp³-hybridized carbons (Fsp3) is 0.952. The molecule has 3 atom stereocenters. The van der Waals surface area contributed by atoms with Crippen molar-refractivity contribution < 1.29 is 32.9 Å². The van der Waals surface area contributed by atoms with E-state index in [-0.39, 0.29) is 19.1 Å². The lowest BCUT2D eigenvalue weighted by atomic mass is 10.0. The summed E-state index contributed by atoms with van der Waals surface area (Å²) in [5, 5.41) is 14.0. The number of likely N-dealkylation sites (N-methyl/N-ethyl adjacent to an activating group) is 1.